The number of imidazole rings is 1. The number of unbranched alkanes of at least 4 members (excludes halogenated alkanes) is 16. The summed E-state index contributed by atoms with van der Waals surface area (Å²) in [7, 11) is -16.4. The number of thioether (sulfide) groups is 1. The Morgan fingerprint density at radius 1 is 0.824 bits per heavy atom. The van der Waals surface area contributed by atoms with E-state index in [-0.39, 0.29) is 41.6 Å². The van der Waals surface area contributed by atoms with Crippen LogP contribution in [0.25, 0.3) is 11.2 Å². The van der Waals surface area contributed by atoms with Crippen LogP contribution >= 0.6 is 35.2 Å². The van der Waals surface area contributed by atoms with Crippen molar-refractivity contribution >= 4 is 69.1 Å². The number of rotatable bonds is 37. The summed E-state index contributed by atoms with van der Waals surface area (Å²) in [5.41, 5.74) is 4.28. The molecule has 418 valence electrons. The molecule has 1 saturated heterocycles. The van der Waals surface area contributed by atoms with Gasteiger partial charge in [-0.25, -0.2) is 28.6 Å². The molecule has 3 rings (SSSR count). The number of carbonyl (C=O) groups excluding carboxylic acids is 3. The molecule has 3 heterocycles. The molecule has 0 aromatic carbocycles. The number of hydrogen-bond acceptors (Lipinski definition) is 18. The third-order valence-electron chi connectivity index (χ3n) is 11.6. The second kappa shape index (κ2) is 33.8. The van der Waals surface area contributed by atoms with Crippen molar-refractivity contribution in [2.75, 3.05) is 37.8 Å². The molecule has 24 nitrogen and oxygen atoms in total. The number of carbonyl (C=O) groups is 3. The molecule has 28 heteroatoms. The Bertz CT molecular complexity index is 2340. The van der Waals surface area contributed by atoms with Crippen molar-refractivity contribution in [2.45, 2.75) is 180 Å². The molecule has 1 aliphatic rings. The van der Waals surface area contributed by atoms with E-state index in [1.165, 1.54) is 71.6 Å². The standard InChI is InChI=1S/C46H76N7O17P3S/c1-4-5-6-7-8-9-10-11-12-13-14-15-16-17-18-19-20-21-22-23-24-25-26-37(55)74-30-29-48-36(54)27-28-49-44(58)41(57)46(2,3)32-67-73(64,65)70-72(62,63)66-31-35-40(69-71(59,60)61)39(56)45(68-35)53-34-52-38-42(47)50-33-51-43(38)53/h33-35,39-41,45,56-57H,4-14,19-32H2,1-3H3,(H,48,54)(H,49,58)(H,62,63)(H,64,65)(H2,47,50,51)(H2,59,60,61)/t35-,39-,40-,41+,45-/m1/s1. The molecule has 2 aromatic heterocycles. The van der Waals surface area contributed by atoms with E-state index >= 15 is 0 Å². The summed E-state index contributed by atoms with van der Waals surface area (Å²) in [6.45, 7) is 2.78. The molecule has 1 aliphatic heterocycles. The van der Waals surface area contributed by atoms with Gasteiger partial charge in [-0.15, -0.1) is 0 Å². The Balaban J connectivity index is 1.23. The number of aliphatic hydroxyl groups excluding tert-OH is 2. The Kier molecular flexibility index (Phi) is 29.6. The molecular weight excluding hydrogens is 1050 g/mol. The summed E-state index contributed by atoms with van der Waals surface area (Å²) in [6, 6.07) is 0. The first-order valence-corrected chi connectivity index (χ1v) is 30.6. The molecule has 1 fully saturated rings. The van der Waals surface area contributed by atoms with Gasteiger partial charge >= 0.3 is 23.5 Å². The topological polar surface area (TPSA) is 364 Å². The normalized spacial score (nSPS) is 18.9. The minimum atomic E-state index is -5.58. The monoisotopic (exact) mass is 1120 g/mol. The molecule has 2 amide bonds. The molecule has 0 spiro atoms. The van der Waals surface area contributed by atoms with Crippen molar-refractivity contribution in [3.8, 4) is 23.7 Å². The fourth-order valence-electron chi connectivity index (χ4n) is 7.47. The van der Waals surface area contributed by atoms with Gasteiger partial charge in [0.25, 0.3) is 0 Å². The summed E-state index contributed by atoms with van der Waals surface area (Å²) in [6.07, 6.45) is 14.5. The number of nitrogen functional groups attached to an aromatic ring is 1. The Hall–Kier alpha value is -3.32. The van der Waals surface area contributed by atoms with Crippen LogP contribution in [-0.2, 0) is 50.7 Å². The minimum absolute atomic E-state index is 0.0313. The molecule has 10 N–H and O–H groups in total. The summed E-state index contributed by atoms with van der Waals surface area (Å²) >= 11 is 1.14. The zero-order valence-corrected chi connectivity index (χ0v) is 46.0. The summed E-state index contributed by atoms with van der Waals surface area (Å²) in [5.74, 6) is 11.2. The SMILES string of the molecule is CCCCCCCCCCCCC#CC#CCCCCCCCCC(=O)SCCNC(=O)CCNC(=O)[C@H](O)C(C)(C)COP(=O)(O)OP(=O)(O)OC[C@H]1O[C@@H](n2cnc3c(N)ncnc32)[C@H](O)[C@@H]1OP(=O)(O)O. The van der Waals surface area contributed by atoms with Crippen LogP contribution in [-0.4, -0.2) is 123 Å². The number of ether oxygens (including phenoxy) is 1. The first-order chi connectivity index (χ1) is 35.1. The average molecular weight is 1120 g/mol. The van der Waals surface area contributed by atoms with Gasteiger partial charge in [-0.05, 0) is 31.1 Å². The van der Waals surface area contributed by atoms with Gasteiger partial charge in [0.05, 0.1) is 19.5 Å². The Morgan fingerprint density at radius 3 is 2.01 bits per heavy atom. The van der Waals surface area contributed by atoms with Crippen LogP contribution in [0.4, 0.5) is 5.82 Å². The lowest BCUT2D eigenvalue weighted by molar-refractivity contribution is -0.137. The second-order valence-electron chi connectivity index (χ2n) is 18.4. The summed E-state index contributed by atoms with van der Waals surface area (Å²) in [5, 5.41) is 26.7. The van der Waals surface area contributed by atoms with Gasteiger partial charge in [0, 0.05) is 49.9 Å². The zero-order chi connectivity index (χ0) is 54.6. The number of nitrogens with one attached hydrogen (secondary N) is 2. The van der Waals surface area contributed by atoms with Crippen molar-refractivity contribution < 1.29 is 80.5 Å². The molecule has 74 heavy (non-hydrogen) atoms. The van der Waals surface area contributed by atoms with Gasteiger partial charge in [-0.2, -0.15) is 4.31 Å². The fourth-order valence-corrected chi connectivity index (χ4v) is 11.0. The van der Waals surface area contributed by atoms with E-state index in [2.05, 4.69) is 65.0 Å². The highest BCUT2D eigenvalue weighted by atomic mass is 32.2. The van der Waals surface area contributed by atoms with Crippen LogP contribution in [0.1, 0.15) is 155 Å². The third-order valence-corrected chi connectivity index (χ3v) is 15.6. The molecular formula is C46H76N7O17P3S. The smallest absolute Gasteiger partial charge is 0.386 e. The quantitative estimate of drug-likeness (QED) is 0.0209. The van der Waals surface area contributed by atoms with E-state index in [9.17, 15) is 57.9 Å². The van der Waals surface area contributed by atoms with Gasteiger partial charge < -0.3 is 50.9 Å². The molecule has 0 radical (unpaired) electrons. The van der Waals surface area contributed by atoms with Gasteiger partial charge in [-0.3, -0.25) is 32.5 Å². The molecule has 0 bridgehead atoms. The van der Waals surface area contributed by atoms with Crippen molar-refractivity contribution in [3.63, 3.8) is 0 Å². The highest BCUT2D eigenvalue weighted by Gasteiger charge is 2.50. The minimum Gasteiger partial charge on any atom is -0.386 e. The fraction of sp³-hybridized carbons (Fsp3) is 0.739. The molecule has 7 atom stereocenters. The third kappa shape index (κ3) is 25.7. The van der Waals surface area contributed by atoms with Crippen molar-refractivity contribution in [1.82, 2.24) is 30.2 Å². The highest BCUT2D eigenvalue weighted by molar-refractivity contribution is 8.13. The largest absolute Gasteiger partial charge is 0.481 e. The number of nitrogens with zero attached hydrogens (tertiary/aromatic N) is 4. The van der Waals surface area contributed by atoms with Crippen LogP contribution < -0.4 is 16.4 Å². The van der Waals surface area contributed by atoms with Crippen LogP contribution in [0.3, 0.4) is 0 Å². The molecule has 2 aromatic rings. The number of fused-ring (bicyclic) bond motifs is 1. The van der Waals surface area contributed by atoms with Crippen LogP contribution in [0.5, 0.6) is 0 Å². The van der Waals surface area contributed by atoms with Crippen LogP contribution in [0, 0.1) is 29.1 Å². The number of phosphoric acid groups is 3. The molecule has 0 aliphatic carbocycles. The lowest BCUT2D eigenvalue weighted by Crippen LogP contribution is -2.46. The number of hydrogen-bond donors (Lipinski definition) is 9. The van der Waals surface area contributed by atoms with Crippen molar-refractivity contribution in [2.24, 2.45) is 5.41 Å². The van der Waals surface area contributed by atoms with Crippen molar-refractivity contribution in [1.29, 1.82) is 0 Å². The van der Waals surface area contributed by atoms with Gasteiger partial charge in [0.15, 0.2) is 22.8 Å². The average Bonchev–Trinajstić information content (AvgIpc) is 3.90. The van der Waals surface area contributed by atoms with E-state index in [0.29, 0.717) is 12.2 Å². The highest BCUT2D eigenvalue weighted by Crippen LogP contribution is 2.61. The number of phosphoric ester groups is 3. The maximum atomic E-state index is 12.8. The summed E-state index contributed by atoms with van der Waals surface area (Å²) < 4.78 is 62.5. The lowest BCUT2D eigenvalue weighted by Gasteiger charge is -2.30. The van der Waals surface area contributed by atoms with Crippen LogP contribution in [0.2, 0.25) is 0 Å². The van der Waals surface area contributed by atoms with Crippen molar-refractivity contribution in [3.05, 3.63) is 12.7 Å². The molecule has 0 saturated carbocycles. The zero-order valence-electron chi connectivity index (χ0n) is 42.5. The van der Waals surface area contributed by atoms with E-state index in [1.54, 1.807) is 0 Å². The Morgan fingerprint density at radius 2 is 1.41 bits per heavy atom. The number of anilines is 1. The Labute approximate surface area is 437 Å². The van der Waals surface area contributed by atoms with E-state index < -0.39 is 84.6 Å². The maximum absolute atomic E-state index is 12.8. The van der Waals surface area contributed by atoms with Gasteiger partial charge in [0.1, 0.15) is 36.3 Å². The number of aromatic nitrogens is 4. The van der Waals surface area contributed by atoms with Gasteiger partial charge in [-0.1, -0.05) is 128 Å². The van der Waals surface area contributed by atoms with E-state index in [4.69, 9.17) is 19.5 Å². The first-order valence-electron chi connectivity index (χ1n) is 25.1. The van der Waals surface area contributed by atoms with E-state index in [1.807, 2.05) is 0 Å². The summed E-state index contributed by atoms with van der Waals surface area (Å²) in [4.78, 5) is 88.5. The van der Waals surface area contributed by atoms with Crippen LogP contribution in [0.15, 0.2) is 12.7 Å². The molecule has 2 unspecified atom stereocenters. The predicted octanol–water partition coefficient (Wildman–Crippen LogP) is 6.10. The predicted molar refractivity (Wildman–Crippen MR) is 276 cm³/mol. The first kappa shape index (κ1) is 65.0. The second-order valence-corrected chi connectivity index (χ2v) is 23.8. The maximum Gasteiger partial charge on any atom is 0.481 e. The van der Waals surface area contributed by atoms with Gasteiger partial charge in [0.2, 0.25) is 11.8 Å². The lowest BCUT2D eigenvalue weighted by atomic mass is 9.87. The number of aliphatic hydroxyl groups is 2. The number of amides is 2. The number of nitrogens with two attached hydrogens (primary N) is 1. The van der Waals surface area contributed by atoms with E-state index in [0.717, 1.165) is 86.8 Å².